The number of methoxy groups -OCH3 is 2. The highest BCUT2D eigenvalue weighted by atomic mass is 16.5. The summed E-state index contributed by atoms with van der Waals surface area (Å²) in [6.45, 7) is 1.80. The minimum atomic E-state index is -1.13. The molecule has 0 heterocycles. The van der Waals surface area contributed by atoms with Gasteiger partial charge in [-0.05, 0) is 19.1 Å². The molecule has 0 aliphatic carbocycles. The van der Waals surface area contributed by atoms with Gasteiger partial charge in [0.05, 0.1) is 19.9 Å². The zero-order chi connectivity index (χ0) is 11.4. The molecule has 0 atom stereocenters. The zero-order valence-corrected chi connectivity index (χ0v) is 8.83. The molecule has 0 radical (unpaired) electrons. The van der Waals surface area contributed by atoms with E-state index in [0.29, 0.717) is 17.2 Å². The van der Waals surface area contributed by atoms with Gasteiger partial charge in [-0.25, -0.2) is 4.79 Å². The first-order valence-electron chi connectivity index (χ1n) is 4.31. The number of anilines is 1. The van der Waals surface area contributed by atoms with Crippen LogP contribution in [0, 0.1) is 6.92 Å². The summed E-state index contributed by atoms with van der Waals surface area (Å²) in [5, 5.41) is 10.9. The van der Waals surface area contributed by atoms with Crippen LogP contribution < -0.4 is 14.8 Å². The Labute approximate surface area is 87.6 Å². The van der Waals surface area contributed by atoms with Crippen molar-refractivity contribution in [2.45, 2.75) is 6.92 Å². The van der Waals surface area contributed by atoms with Gasteiger partial charge in [0.1, 0.15) is 11.5 Å². The number of nitrogens with one attached hydrogen (secondary N) is 1. The van der Waals surface area contributed by atoms with Crippen LogP contribution in [-0.4, -0.2) is 25.4 Å². The average Bonchev–Trinajstić information content (AvgIpc) is 2.18. The van der Waals surface area contributed by atoms with E-state index in [4.69, 9.17) is 14.6 Å². The molecule has 5 heteroatoms. The smallest absolute Gasteiger partial charge is 0.409 e. The SMILES string of the molecule is COc1ccc(NC(=O)O)c(OC)c1C. The van der Waals surface area contributed by atoms with Crippen molar-refractivity contribution in [3.8, 4) is 11.5 Å². The number of rotatable bonds is 3. The van der Waals surface area contributed by atoms with Crippen LogP contribution in [0.25, 0.3) is 0 Å². The van der Waals surface area contributed by atoms with E-state index >= 15 is 0 Å². The maximum absolute atomic E-state index is 10.5. The van der Waals surface area contributed by atoms with E-state index in [0.717, 1.165) is 5.56 Å². The minimum Gasteiger partial charge on any atom is -0.496 e. The van der Waals surface area contributed by atoms with Gasteiger partial charge in [0, 0.05) is 5.56 Å². The molecule has 1 amide bonds. The number of hydrogen-bond donors (Lipinski definition) is 2. The van der Waals surface area contributed by atoms with E-state index in [9.17, 15) is 4.79 Å². The first-order chi connectivity index (χ1) is 7.10. The topological polar surface area (TPSA) is 67.8 Å². The molecule has 0 spiro atoms. The van der Waals surface area contributed by atoms with Gasteiger partial charge >= 0.3 is 6.09 Å². The molecule has 0 unspecified atom stereocenters. The largest absolute Gasteiger partial charge is 0.496 e. The predicted molar refractivity (Wildman–Crippen MR) is 55.9 cm³/mol. The molecule has 0 bridgehead atoms. The molecule has 1 aromatic carbocycles. The van der Waals surface area contributed by atoms with Crippen molar-refractivity contribution in [2.24, 2.45) is 0 Å². The molecule has 0 saturated carbocycles. The molecule has 1 rings (SSSR count). The van der Waals surface area contributed by atoms with Gasteiger partial charge in [-0.1, -0.05) is 0 Å². The Hall–Kier alpha value is -1.91. The molecule has 0 aromatic heterocycles. The lowest BCUT2D eigenvalue weighted by Crippen LogP contribution is -2.09. The van der Waals surface area contributed by atoms with Crippen LogP contribution >= 0.6 is 0 Å². The summed E-state index contributed by atoms with van der Waals surface area (Å²) in [4.78, 5) is 10.5. The van der Waals surface area contributed by atoms with Crippen molar-refractivity contribution < 1.29 is 19.4 Å². The number of amides is 1. The third-order valence-electron chi connectivity index (χ3n) is 2.02. The van der Waals surface area contributed by atoms with Gasteiger partial charge in [0.25, 0.3) is 0 Å². The first kappa shape index (κ1) is 11.2. The van der Waals surface area contributed by atoms with E-state index in [1.807, 2.05) is 0 Å². The van der Waals surface area contributed by atoms with Crippen molar-refractivity contribution in [1.82, 2.24) is 0 Å². The molecular formula is C10H13NO4. The van der Waals surface area contributed by atoms with Gasteiger partial charge < -0.3 is 14.6 Å². The second-order valence-electron chi connectivity index (χ2n) is 2.90. The van der Waals surface area contributed by atoms with Crippen molar-refractivity contribution in [3.05, 3.63) is 17.7 Å². The first-order valence-corrected chi connectivity index (χ1v) is 4.31. The van der Waals surface area contributed by atoms with Crippen molar-refractivity contribution in [1.29, 1.82) is 0 Å². The van der Waals surface area contributed by atoms with E-state index in [1.165, 1.54) is 7.11 Å². The number of benzene rings is 1. The normalized spacial score (nSPS) is 9.53. The Morgan fingerprint density at radius 2 is 2.00 bits per heavy atom. The van der Waals surface area contributed by atoms with Crippen LogP contribution in [0.2, 0.25) is 0 Å². The van der Waals surface area contributed by atoms with Crippen LogP contribution in [0.3, 0.4) is 0 Å². The van der Waals surface area contributed by atoms with Gasteiger partial charge in [0.2, 0.25) is 0 Å². The van der Waals surface area contributed by atoms with Gasteiger partial charge in [-0.3, -0.25) is 5.32 Å². The number of carboxylic acid groups (broad SMARTS) is 1. The lowest BCUT2D eigenvalue weighted by Gasteiger charge is -2.13. The average molecular weight is 211 g/mol. The van der Waals surface area contributed by atoms with Crippen molar-refractivity contribution in [2.75, 3.05) is 19.5 Å². The predicted octanol–water partition coefficient (Wildman–Crippen LogP) is 2.10. The van der Waals surface area contributed by atoms with E-state index in [-0.39, 0.29) is 0 Å². The Morgan fingerprint density at radius 1 is 1.33 bits per heavy atom. The van der Waals surface area contributed by atoms with Crippen LogP contribution in [0.1, 0.15) is 5.56 Å². The molecule has 0 aliphatic heterocycles. The number of ether oxygens (including phenoxy) is 2. The molecule has 2 N–H and O–H groups in total. The third kappa shape index (κ3) is 2.31. The lowest BCUT2D eigenvalue weighted by atomic mass is 10.1. The number of carbonyl (C=O) groups is 1. The Kier molecular flexibility index (Phi) is 3.38. The minimum absolute atomic E-state index is 0.406. The highest BCUT2D eigenvalue weighted by molar-refractivity contribution is 5.86. The molecule has 82 valence electrons. The van der Waals surface area contributed by atoms with Crippen LogP contribution in [0.15, 0.2) is 12.1 Å². The van der Waals surface area contributed by atoms with Crippen LogP contribution in [-0.2, 0) is 0 Å². The van der Waals surface area contributed by atoms with Gasteiger partial charge in [0.15, 0.2) is 0 Å². The second-order valence-corrected chi connectivity index (χ2v) is 2.90. The monoisotopic (exact) mass is 211 g/mol. The fraction of sp³-hybridized carbons (Fsp3) is 0.300. The second kappa shape index (κ2) is 4.54. The molecule has 0 fully saturated rings. The number of hydrogen-bond acceptors (Lipinski definition) is 3. The molecule has 1 aromatic rings. The van der Waals surface area contributed by atoms with E-state index in [1.54, 1.807) is 26.2 Å². The summed E-state index contributed by atoms with van der Waals surface area (Å²) in [6.07, 6.45) is -1.13. The summed E-state index contributed by atoms with van der Waals surface area (Å²) >= 11 is 0. The molecule has 15 heavy (non-hydrogen) atoms. The van der Waals surface area contributed by atoms with Crippen molar-refractivity contribution >= 4 is 11.8 Å². The standard InChI is InChI=1S/C10H13NO4/c1-6-8(14-2)5-4-7(9(6)15-3)11-10(12)13/h4-5,11H,1-3H3,(H,12,13). The summed E-state index contributed by atoms with van der Waals surface area (Å²) in [5.74, 6) is 1.12. The summed E-state index contributed by atoms with van der Waals surface area (Å²) in [7, 11) is 3.03. The highest BCUT2D eigenvalue weighted by Crippen LogP contribution is 2.34. The summed E-state index contributed by atoms with van der Waals surface area (Å²) < 4.78 is 10.2. The lowest BCUT2D eigenvalue weighted by molar-refractivity contribution is 0.209. The quantitative estimate of drug-likeness (QED) is 0.803. The Morgan fingerprint density at radius 3 is 2.47 bits per heavy atom. The summed E-state index contributed by atoms with van der Waals surface area (Å²) in [6, 6.07) is 3.28. The molecular weight excluding hydrogens is 198 g/mol. The van der Waals surface area contributed by atoms with Gasteiger partial charge in [-0.15, -0.1) is 0 Å². The Balaban J connectivity index is 3.18. The third-order valence-corrected chi connectivity index (χ3v) is 2.02. The fourth-order valence-corrected chi connectivity index (χ4v) is 1.37. The molecule has 0 aliphatic rings. The van der Waals surface area contributed by atoms with Crippen LogP contribution in [0.5, 0.6) is 11.5 Å². The van der Waals surface area contributed by atoms with Crippen molar-refractivity contribution in [3.63, 3.8) is 0 Å². The summed E-state index contributed by atoms with van der Waals surface area (Å²) in [5.41, 5.74) is 1.16. The van der Waals surface area contributed by atoms with Crippen LogP contribution in [0.4, 0.5) is 10.5 Å². The maximum atomic E-state index is 10.5. The molecule has 0 saturated heterocycles. The van der Waals surface area contributed by atoms with E-state index in [2.05, 4.69) is 5.32 Å². The highest BCUT2D eigenvalue weighted by Gasteiger charge is 2.12. The zero-order valence-electron chi connectivity index (χ0n) is 8.83. The fourth-order valence-electron chi connectivity index (χ4n) is 1.37. The maximum Gasteiger partial charge on any atom is 0.409 e. The Bertz CT molecular complexity index is 376. The molecule has 5 nitrogen and oxygen atoms in total. The van der Waals surface area contributed by atoms with Gasteiger partial charge in [-0.2, -0.15) is 0 Å². The van der Waals surface area contributed by atoms with E-state index < -0.39 is 6.09 Å².